The fraction of sp³-hybridized carbons (Fsp3) is 0.533. The van der Waals surface area contributed by atoms with Gasteiger partial charge in [0, 0.05) is 11.3 Å². The Morgan fingerprint density at radius 3 is 2.74 bits per heavy atom. The number of thioether (sulfide) groups is 1. The van der Waals surface area contributed by atoms with Gasteiger partial charge in [-0.05, 0) is 37.7 Å². The van der Waals surface area contributed by atoms with Crippen molar-refractivity contribution < 1.29 is 9.18 Å². The van der Waals surface area contributed by atoms with Crippen LogP contribution in [0.15, 0.2) is 18.2 Å². The van der Waals surface area contributed by atoms with E-state index in [1.165, 1.54) is 18.9 Å². The number of hydrogen-bond acceptors (Lipinski definition) is 2. The summed E-state index contributed by atoms with van der Waals surface area (Å²) in [7, 11) is 0. The summed E-state index contributed by atoms with van der Waals surface area (Å²) in [6, 6.07) is 4.93. The van der Waals surface area contributed by atoms with Gasteiger partial charge in [0.15, 0.2) is 0 Å². The number of hydrogen-bond donors (Lipinski definition) is 1. The zero-order valence-electron chi connectivity index (χ0n) is 11.5. The van der Waals surface area contributed by atoms with Gasteiger partial charge in [-0.15, -0.1) is 0 Å². The van der Waals surface area contributed by atoms with E-state index in [0.29, 0.717) is 12.1 Å². The summed E-state index contributed by atoms with van der Waals surface area (Å²) in [5.41, 5.74) is 0.655. The SMILES string of the molecule is CSC1(CNC(=O)c2cccc(C)c2F)CCCC1. The van der Waals surface area contributed by atoms with Crippen LogP contribution < -0.4 is 5.32 Å². The Bertz CT molecular complexity index is 469. The highest BCUT2D eigenvalue weighted by molar-refractivity contribution is 8.00. The van der Waals surface area contributed by atoms with Gasteiger partial charge < -0.3 is 5.32 Å². The van der Waals surface area contributed by atoms with E-state index in [2.05, 4.69) is 11.6 Å². The van der Waals surface area contributed by atoms with Crippen LogP contribution in [-0.4, -0.2) is 23.5 Å². The molecule has 1 aromatic rings. The van der Waals surface area contributed by atoms with Crippen molar-refractivity contribution >= 4 is 17.7 Å². The molecule has 2 nitrogen and oxygen atoms in total. The number of amides is 1. The topological polar surface area (TPSA) is 29.1 Å². The molecule has 1 aromatic carbocycles. The maximum atomic E-state index is 13.9. The lowest BCUT2D eigenvalue weighted by Crippen LogP contribution is -2.38. The van der Waals surface area contributed by atoms with E-state index >= 15 is 0 Å². The minimum Gasteiger partial charge on any atom is -0.351 e. The fourth-order valence-electron chi connectivity index (χ4n) is 2.63. The van der Waals surface area contributed by atoms with Crippen LogP contribution in [0.5, 0.6) is 0 Å². The average Bonchev–Trinajstić information content (AvgIpc) is 2.89. The van der Waals surface area contributed by atoms with Crippen molar-refractivity contribution in [2.24, 2.45) is 0 Å². The molecule has 0 aliphatic heterocycles. The molecule has 104 valence electrons. The predicted molar refractivity (Wildman–Crippen MR) is 78.2 cm³/mol. The minimum atomic E-state index is -0.412. The van der Waals surface area contributed by atoms with Crippen LogP contribution in [-0.2, 0) is 0 Å². The Kier molecular flexibility index (Phi) is 4.50. The molecule has 1 fully saturated rings. The molecule has 0 unspecified atom stereocenters. The number of halogens is 1. The maximum absolute atomic E-state index is 13.9. The first kappa shape index (κ1) is 14.4. The van der Waals surface area contributed by atoms with E-state index < -0.39 is 5.82 Å². The molecule has 1 aliphatic carbocycles. The quantitative estimate of drug-likeness (QED) is 0.914. The second-order valence-electron chi connectivity index (χ2n) is 5.21. The van der Waals surface area contributed by atoms with E-state index in [0.717, 1.165) is 12.8 Å². The summed E-state index contributed by atoms with van der Waals surface area (Å²) in [5.74, 6) is -0.717. The van der Waals surface area contributed by atoms with Gasteiger partial charge in [0.1, 0.15) is 5.82 Å². The van der Waals surface area contributed by atoms with Crippen LogP contribution in [0.25, 0.3) is 0 Å². The number of aryl methyl sites for hydroxylation is 1. The highest BCUT2D eigenvalue weighted by Crippen LogP contribution is 2.39. The number of carbonyl (C=O) groups is 1. The summed E-state index contributed by atoms with van der Waals surface area (Å²) in [6.45, 7) is 2.30. The largest absolute Gasteiger partial charge is 0.351 e. The first-order valence-electron chi connectivity index (χ1n) is 6.66. The van der Waals surface area contributed by atoms with Gasteiger partial charge in [0.05, 0.1) is 5.56 Å². The summed E-state index contributed by atoms with van der Waals surface area (Å²) in [6.07, 6.45) is 6.78. The highest BCUT2D eigenvalue weighted by atomic mass is 32.2. The third kappa shape index (κ3) is 3.11. The number of carbonyl (C=O) groups excluding carboxylic acids is 1. The molecule has 0 atom stereocenters. The van der Waals surface area contributed by atoms with Crippen LogP contribution in [0, 0.1) is 12.7 Å². The standard InChI is InChI=1S/C15H20FNOS/c1-11-6-5-7-12(13(11)16)14(18)17-10-15(19-2)8-3-4-9-15/h5-7H,3-4,8-10H2,1-2H3,(H,17,18). The van der Waals surface area contributed by atoms with Gasteiger partial charge in [0.2, 0.25) is 0 Å². The molecule has 19 heavy (non-hydrogen) atoms. The highest BCUT2D eigenvalue weighted by Gasteiger charge is 2.33. The van der Waals surface area contributed by atoms with Crippen LogP contribution in [0.4, 0.5) is 4.39 Å². The zero-order chi connectivity index (χ0) is 13.9. The first-order valence-corrected chi connectivity index (χ1v) is 7.89. The summed E-state index contributed by atoms with van der Waals surface area (Å²) < 4.78 is 14.0. The van der Waals surface area contributed by atoms with Crippen LogP contribution >= 0.6 is 11.8 Å². The molecule has 4 heteroatoms. The van der Waals surface area contributed by atoms with E-state index in [9.17, 15) is 9.18 Å². The van der Waals surface area contributed by atoms with Crippen molar-refractivity contribution in [3.63, 3.8) is 0 Å². The van der Waals surface area contributed by atoms with Gasteiger partial charge in [-0.25, -0.2) is 4.39 Å². The van der Waals surface area contributed by atoms with Crippen molar-refractivity contribution in [3.05, 3.63) is 35.1 Å². The van der Waals surface area contributed by atoms with Gasteiger partial charge >= 0.3 is 0 Å². The van der Waals surface area contributed by atoms with Crippen molar-refractivity contribution in [2.45, 2.75) is 37.4 Å². The molecule has 2 rings (SSSR count). The molecule has 0 saturated heterocycles. The Balaban J connectivity index is 2.03. The molecule has 0 bridgehead atoms. The Hall–Kier alpha value is -1.03. The molecule has 0 aromatic heterocycles. The smallest absolute Gasteiger partial charge is 0.254 e. The van der Waals surface area contributed by atoms with Crippen LogP contribution in [0.2, 0.25) is 0 Å². The van der Waals surface area contributed by atoms with E-state index in [-0.39, 0.29) is 16.2 Å². The lowest BCUT2D eigenvalue weighted by Gasteiger charge is -2.27. The Morgan fingerprint density at radius 1 is 1.42 bits per heavy atom. The third-order valence-corrected chi connectivity index (χ3v) is 5.37. The van der Waals surface area contributed by atoms with Gasteiger partial charge in [-0.3, -0.25) is 4.79 Å². The summed E-state index contributed by atoms with van der Waals surface area (Å²) in [4.78, 5) is 12.1. The first-order chi connectivity index (χ1) is 9.08. The van der Waals surface area contributed by atoms with Crippen molar-refractivity contribution in [3.8, 4) is 0 Å². The second kappa shape index (κ2) is 5.95. The molecule has 1 aliphatic rings. The zero-order valence-corrected chi connectivity index (χ0v) is 12.3. The predicted octanol–water partition coefficient (Wildman–Crippen LogP) is 3.54. The van der Waals surface area contributed by atoms with Gasteiger partial charge in [-0.2, -0.15) is 11.8 Å². The van der Waals surface area contributed by atoms with Gasteiger partial charge in [0.25, 0.3) is 5.91 Å². The van der Waals surface area contributed by atoms with E-state index in [1.54, 1.807) is 19.1 Å². The minimum absolute atomic E-state index is 0.147. The molecule has 1 saturated carbocycles. The number of rotatable bonds is 4. The Labute approximate surface area is 118 Å². The van der Waals surface area contributed by atoms with E-state index in [1.807, 2.05) is 11.8 Å². The van der Waals surface area contributed by atoms with Crippen LogP contribution in [0.3, 0.4) is 0 Å². The van der Waals surface area contributed by atoms with Gasteiger partial charge in [-0.1, -0.05) is 25.0 Å². The molecule has 1 N–H and O–H groups in total. The molecule has 0 heterocycles. The number of benzene rings is 1. The second-order valence-corrected chi connectivity index (χ2v) is 6.49. The van der Waals surface area contributed by atoms with E-state index in [4.69, 9.17) is 0 Å². The average molecular weight is 281 g/mol. The van der Waals surface area contributed by atoms with Crippen molar-refractivity contribution in [1.29, 1.82) is 0 Å². The normalized spacial score (nSPS) is 17.4. The molecule has 0 spiro atoms. The summed E-state index contributed by atoms with van der Waals surface area (Å²) in [5, 5.41) is 2.90. The van der Waals surface area contributed by atoms with Crippen molar-refractivity contribution in [1.82, 2.24) is 5.32 Å². The lowest BCUT2D eigenvalue weighted by atomic mass is 10.1. The molecule has 0 radical (unpaired) electrons. The lowest BCUT2D eigenvalue weighted by molar-refractivity contribution is 0.0945. The van der Waals surface area contributed by atoms with Crippen LogP contribution in [0.1, 0.15) is 41.6 Å². The third-order valence-electron chi connectivity index (χ3n) is 3.96. The number of nitrogens with one attached hydrogen (secondary N) is 1. The molecular weight excluding hydrogens is 261 g/mol. The maximum Gasteiger partial charge on any atom is 0.254 e. The fourth-order valence-corrected chi connectivity index (χ4v) is 3.55. The summed E-state index contributed by atoms with van der Waals surface area (Å²) >= 11 is 1.82. The van der Waals surface area contributed by atoms with Crippen molar-refractivity contribution in [2.75, 3.05) is 12.8 Å². The molecule has 1 amide bonds. The monoisotopic (exact) mass is 281 g/mol. The molecular formula is C15H20FNOS. The Morgan fingerprint density at radius 2 is 2.11 bits per heavy atom.